The zero-order valence-corrected chi connectivity index (χ0v) is 12.4. The minimum Gasteiger partial charge on any atom is -0.369 e. The van der Waals surface area contributed by atoms with Crippen LogP contribution in [0, 0.1) is 6.92 Å². The van der Waals surface area contributed by atoms with Gasteiger partial charge in [0, 0.05) is 17.8 Å². The van der Waals surface area contributed by atoms with Crippen LogP contribution in [0.5, 0.6) is 0 Å². The predicted molar refractivity (Wildman–Crippen MR) is 79.8 cm³/mol. The van der Waals surface area contributed by atoms with Gasteiger partial charge in [-0.1, -0.05) is 13.0 Å². The monoisotopic (exact) mass is 278 g/mol. The molecule has 0 aromatic heterocycles. The molecule has 0 spiro atoms. The Morgan fingerprint density at radius 1 is 1.20 bits per heavy atom. The molecule has 0 unspecified atom stereocenters. The van der Waals surface area contributed by atoms with Crippen molar-refractivity contribution < 1.29 is 14.3 Å². The smallest absolute Gasteiger partial charge is 0.250 e. The van der Waals surface area contributed by atoms with Crippen LogP contribution < -0.4 is 10.6 Å². The standard InChI is InChI=1S/C15H22N2O3/c1-5-14(18)16-12-7-6-11(4)13(8-12)17-15(19)9-20-10(2)3/h6-8,10H,5,9H2,1-4H3,(H,16,18)(H,17,19). The van der Waals surface area contributed by atoms with Gasteiger partial charge in [0.2, 0.25) is 11.8 Å². The predicted octanol–water partition coefficient (Wildman–Crippen LogP) is 2.71. The lowest BCUT2D eigenvalue weighted by molar-refractivity contribution is -0.122. The van der Waals surface area contributed by atoms with Crippen LogP contribution in [-0.4, -0.2) is 24.5 Å². The van der Waals surface area contributed by atoms with Crippen molar-refractivity contribution in [2.45, 2.75) is 40.2 Å². The van der Waals surface area contributed by atoms with E-state index in [1.807, 2.05) is 32.9 Å². The van der Waals surface area contributed by atoms with Crippen molar-refractivity contribution in [1.29, 1.82) is 0 Å². The molecule has 0 bridgehead atoms. The van der Waals surface area contributed by atoms with Crippen molar-refractivity contribution in [3.63, 3.8) is 0 Å². The highest BCUT2D eigenvalue weighted by molar-refractivity contribution is 5.95. The fourth-order valence-electron chi connectivity index (χ4n) is 1.51. The Morgan fingerprint density at radius 2 is 1.90 bits per heavy atom. The van der Waals surface area contributed by atoms with Gasteiger partial charge in [-0.2, -0.15) is 0 Å². The van der Waals surface area contributed by atoms with Gasteiger partial charge in [0.05, 0.1) is 6.10 Å². The van der Waals surface area contributed by atoms with E-state index >= 15 is 0 Å². The summed E-state index contributed by atoms with van der Waals surface area (Å²) in [5.74, 6) is -0.268. The fraction of sp³-hybridized carbons (Fsp3) is 0.467. The maximum Gasteiger partial charge on any atom is 0.250 e. The van der Waals surface area contributed by atoms with E-state index < -0.39 is 0 Å². The minimum atomic E-state index is -0.208. The first kappa shape index (κ1) is 16.2. The van der Waals surface area contributed by atoms with Crippen LogP contribution in [-0.2, 0) is 14.3 Å². The second-order valence-electron chi connectivity index (χ2n) is 4.84. The van der Waals surface area contributed by atoms with Crippen molar-refractivity contribution >= 4 is 23.2 Å². The fourth-order valence-corrected chi connectivity index (χ4v) is 1.51. The highest BCUT2D eigenvalue weighted by Crippen LogP contribution is 2.20. The molecule has 0 saturated carbocycles. The SMILES string of the molecule is CCC(=O)Nc1ccc(C)c(NC(=O)COC(C)C)c1. The third kappa shape index (κ3) is 5.40. The lowest BCUT2D eigenvalue weighted by Gasteiger charge is -2.12. The molecule has 0 saturated heterocycles. The number of carbonyl (C=O) groups excluding carboxylic acids is 2. The molecular formula is C15H22N2O3. The first-order valence-corrected chi connectivity index (χ1v) is 6.74. The quantitative estimate of drug-likeness (QED) is 0.840. The van der Waals surface area contributed by atoms with E-state index in [-0.39, 0.29) is 24.5 Å². The van der Waals surface area contributed by atoms with E-state index in [9.17, 15) is 9.59 Å². The zero-order valence-electron chi connectivity index (χ0n) is 12.4. The van der Waals surface area contributed by atoms with E-state index in [0.29, 0.717) is 17.8 Å². The van der Waals surface area contributed by atoms with Crippen LogP contribution in [0.3, 0.4) is 0 Å². The molecule has 0 radical (unpaired) electrons. The number of amides is 2. The average molecular weight is 278 g/mol. The first-order chi connectivity index (χ1) is 9.42. The van der Waals surface area contributed by atoms with E-state index in [1.54, 1.807) is 13.0 Å². The number of hydrogen-bond acceptors (Lipinski definition) is 3. The normalized spacial score (nSPS) is 10.4. The van der Waals surface area contributed by atoms with Gasteiger partial charge in [-0.15, -0.1) is 0 Å². The maximum absolute atomic E-state index is 11.7. The molecule has 0 atom stereocenters. The maximum atomic E-state index is 11.7. The summed E-state index contributed by atoms with van der Waals surface area (Å²) in [6, 6.07) is 5.41. The van der Waals surface area contributed by atoms with Gasteiger partial charge in [0.25, 0.3) is 0 Å². The van der Waals surface area contributed by atoms with Gasteiger partial charge in [-0.25, -0.2) is 0 Å². The summed E-state index contributed by atoms with van der Waals surface area (Å²) in [7, 11) is 0. The Hall–Kier alpha value is -1.88. The van der Waals surface area contributed by atoms with Crippen molar-refractivity contribution in [3.8, 4) is 0 Å². The average Bonchev–Trinajstić information content (AvgIpc) is 2.40. The summed E-state index contributed by atoms with van der Waals surface area (Å²) in [6.07, 6.45) is 0.426. The zero-order chi connectivity index (χ0) is 15.1. The number of aryl methyl sites for hydroxylation is 1. The molecule has 0 heterocycles. The van der Waals surface area contributed by atoms with Crippen LogP contribution in [0.1, 0.15) is 32.8 Å². The van der Waals surface area contributed by atoms with Crippen molar-refractivity contribution in [3.05, 3.63) is 23.8 Å². The molecule has 1 rings (SSSR count). The molecule has 20 heavy (non-hydrogen) atoms. The van der Waals surface area contributed by atoms with Gasteiger partial charge in [-0.3, -0.25) is 9.59 Å². The molecule has 1 aromatic rings. The summed E-state index contributed by atoms with van der Waals surface area (Å²) < 4.78 is 5.25. The molecule has 110 valence electrons. The lowest BCUT2D eigenvalue weighted by Crippen LogP contribution is -2.21. The highest BCUT2D eigenvalue weighted by atomic mass is 16.5. The second kappa shape index (κ2) is 7.65. The molecule has 0 aliphatic carbocycles. The third-order valence-corrected chi connectivity index (χ3v) is 2.66. The van der Waals surface area contributed by atoms with Gasteiger partial charge in [0.1, 0.15) is 6.61 Å². The van der Waals surface area contributed by atoms with Gasteiger partial charge in [-0.05, 0) is 38.5 Å². The Balaban J connectivity index is 2.71. The second-order valence-corrected chi connectivity index (χ2v) is 4.84. The first-order valence-electron chi connectivity index (χ1n) is 6.74. The van der Waals surface area contributed by atoms with E-state index in [4.69, 9.17) is 4.74 Å². The summed E-state index contributed by atoms with van der Waals surface area (Å²) in [5, 5.41) is 5.54. The Labute approximate surface area is 119 Å². The van der Waals surface area contributed by atoms with Gasteiger partial charge in [0.15, 0.2) is 0 Å². The van der Waals surface area contributed by atoms with Crippen molar-refractivity contribution in [2.24, 2.45) is 0 Å². The summed E-state index contributed by atoms with van der Waals surface area (Å²) in [5.41, 5.74) is 2.27. The Morgan fingerprint density at radius 3 is 2.50 bits per heavy atom. The van der Waals surface area contributed by atoms with Gasteiger partial charge < -0.3 is 15.4 Å². The van der Waals surface area contributed by atoms with Gasteiger partial charge >= 0.3 is 0 Å². The number of nitrogens with one attached hydrogen (secondary N) is 2. The van der Waals surface area contributed by atoms with E-state index in [1.165, 1.54) is 0 Å². The van der Waals surface area contributed by atoms with Crippen LogP contribution in [0.4, 0.5) is 11.4 Å². The van der Waals surface area contributed by atoms with Crippen molar-refractivity contribution in [1.82, 2.24) is 0 Å². The molecule has 0 fully saturated rings. The van der Waals surface area contributed by atoms with E-state index in [0.717, 1.165) is 5.56 Å². The van der Waals surface area contributed by atoms with Crippen LogP contribution in [0.25, 0.3) is 0 Å². The number of ether oxygens (including phenoxy) is 1. The molecule has 1 aromatic carbocycles. The molecule has 5 nitrogen and oxygen atoms in total. The summed E-state index contributed by atoms with van der Waals surface area (Å²) in [4.78, 5) is 23.1. The van der Waals surface area contributed by atoms with Crippen molar-refractivity contribution in [2.75, 3.05) is 17.2 Å². The molecule has 0 aliphatic heterocycles. The number of rotatable bonds is 6. The largest absolute Gasteiger partial charge is 0.369 e. The number of anilines is 2. The Bertz CT molecular complexity index is 484. The summed E-state index contributed by atoms with van der Waals surface area (Å²) in [6.45, 7) is 7.45. The molecule has 2 amide bonds. The Kier molecular flexibility index (Phi) is 6.18. The van der Waals surface area contributed by atoms with Crippen LogP contribution in [0.2, 0.25) is 0 Å². The summed E-state index contributed by atoms with van der Waals surface area (Å²) >= 11 is 0. The number of carbonyl (C=O) groups is 2. The lowest BCUT2D eigenvalue weighted by atomic mass is 10.1. The molecule has 5 heteroatoms. The van der Waals surface area contributed by atoms with Crippen LogP contribution in [0.15, 0.2) is 18.2 Å². The molecule has 0 aliphatic rings. The minimum absolute atomic E-state index is 0.0111. The number of benzene rings is 1. The number of hydrogen-bond donors (Lipinski definition) is 2. The highest BCUT2D eigenvalue weighted by Gasteiger charge is 2.08. The molecular weight excluding hydrogens is 256 g/mol. The topological polar surface area (TPSA) is 67.4 Å². The molecule has 2 N–H and O–H groups in total. The van der Waals surface area contributed by atoms with Crippen LogP contribution >= 0.6 is 0 Å². The third-order valence-electron chi connectivity index (χ3n) is 2.66. The van der Waals surface area contributed by atoms with E-state index in [2.05, 4.69) is 10.6 Å².